The Bertz CT molecular complexity index is 419. The van der Waals surface area contributed by atoms with E-state index < -0.39 is 0 Å². The summed E-state index contributed by atoms with van der Waals surface area (Å²) in [6.45, 7) is 5.05. The maximum Gasteiger partial charge on any atom is 0.263 e. The molecule has 1 aliphatic rings. The van der Waals surface area contributed by atoms with Crippen LogP contribution in [0.4, 0.5) is 0 Å². The van der Waals surface area contributed by atoms with Crippen molar-refractivity contribution < 1.29 is 4.79 Å². The number of carbonyl (C=O) groups excluding carboxylic acids is 1. The lowest BCUT2D eigenvalue weighted by Gasteiger charge is -2.30. The summed E-state index contributed by atoms with van der Waals surface area (Å²) in [5.74, 6) is -0.0475. The highest BCUT2D eigenvalue weighted by atomic mass is 35.5. The third-order valence-corrected chi connectivity index (χ3v) is 4.88. The molecule has 2 heterocycles. The van der Waals surface area contributed by atoms with Crippen LogP contribution in [0.5, 0.6) is 0 Å². The Morgan fingerprint density at radius 3 is 3.00 bits per heavy atom. The second-order valence-electron chi connectivity index (χ2n) is 4.53. The molecule has 0 spiro atoms. The lowest BCUT2D eigenvalue weighted by atomic mass is 10.00. The average molecular weight is 273 g/mol. The standard InChI is InChI=1S/C12H17ClN2OS/c1-7-6-17-11(10(7)13)12(16)15-9-4-3-5-14-8(9)2/h6,8-9,14H,3-5H2,1-2H3,(H,15,16). The van der Waals surface area contributed by atoms with Gasteiger partial charge in [0.15, 0.2) is 0 Å². The van der Waals surface area contributed by atoms with Crippen LogP contribution >= 0.6 is 22.9 Å². The maximum atomic E-state index is 12.1. The number of thiophene rings is 1. The minimum atomic E-state index is -0.0475. The van der Waals surface area contributed by atoms with E-state index in [0.29, 0.717) is 15.9 Å². The fraction of sp³-hybridized carbons (Fsp3) is 0.583. The van der Waals surface area contributed by atoms with Crippen molar-refractivity contribution in [2.45, 2.75) is 38.8 Å². The fourth-order valence-electron chi connectivity index (χ4n) is 2.06. The zero-order valence-corrected chi connectivity index (χ0v) is 11.6. The SMILES string of the molecule is Cc1csc(C(=O)NC2CCCNC2C)c1Cl. The molecule has 2 N–H and O–H groups in total. The molecule has 1 amide bonds. The Morgan fingerprint density at radius 2 is 2.41 bits per heavy atom. The van der Waals surface area contributed by atoms with Gasteiger partial charge in [-0.3, -0.25) is 4.79 Å². The molecule has 1 aliphatic heterocycles. The van der Waals surface area contributed by atoms with Crippen molar-refractivity contribution in [2.75, 3.05) is 6.54 Å². The molecule has 1 saturated heterocycles. The van der Waals surface area contributed by atoms with Gasteiger partial charge in [-0.15, -0.1) is 11.3 Å². The number of hydrogen-bond acceptors (Lipinski definition) is 3. The Labute approximate surface area is 111 Å². The summed E-state index contributed by atoms with van der Waals surface area (Å²) in [7, 11) is 0. The van der Waals surface area contributed by atoms with Crippen LogP contribution in [-0.2, 0) is 0 Å². The molecule has 0 saturated carbocycles. The number of aryl methyl sites for hydroxylation is 1. The van der Waals surface area contributed by atoms with E-state index in [0.717, 1.165) is 24.9 Å². The van der Waals surface area contributed by atoms with Gasteiger partial charge in [-0.1, -0.05) is 11.6 Å². The summed E-state index contributed by atoms with van der Waals surface area (Å²) in [6, 6.07) is 0.530. The molecule has 1 aromatic rings. The second kappa shape index (κ2) is 5.38. The summed E-state index contributed by atoms with van der Waals surface area (Å²) in [6.07, 6.45) is 2.13. The Hall–Kier alpha value is -0.580. The van der Waals surface area contributed by atoms with Crippen LogP contribution < -0.4 is 10.6 Å². The van der Waals surface area contributed by atoms with E-state index in [4.69, 9.17) is 11.6 Å². The molecule has 5 heteroatoms. The van der Waals surface area contributed by atoms with Gasteiger partial charge in [-0.05, 0) is 44.2 Å². The maximum absolute atomic E-state index is 12.1. The molecular weight excluding hydrogens is 256 g/mol. The van der Waals surface area contributed by atoms with E-state index in [9.17, 15) is 4.79 Å². The van der Waals surface area contributed by atoms with Crippen LogP contribution in [0.3, 0.4) is 0 Å². The number of hydrogen-bond donors (Lipinski definition) is 2. The molecule has 0 bridgehead atoms. The van der Waals surface area contributed by atoms with E-state index in [-0.39, 0.29) is 11.9 Å². The molecule has 17 heavy (non-hydrogen) atoms. The molecule has 0 radical (unpaired) electrons. The van der Waals surface area contributed by atoms with E-state index in [1.54, 1.807) is 0 Å². The number of piperidine rings is 1. The van der Waals surface area contributed by atoms with Crippen LogP contribution in [0, 0.1) is 6.92 Å². The summed E-state index contributed by atoms with van der Waals surface area (Å²) >= 11 is 7.50. The predicted octanol–water partition coefficient (Wildman–Crippen LogP) is 2.58. The van der Waals surface area contributed by atoms with Gasteiger partial charge < -0.3 is 10.6 Å². The molecule has 1 fully saturated rings. The van der Waals surface area contributed by atoms with Crippen molar-refractivity contribution in [2.24, 2.45) is 0 Å². The first kappa shape index (κ1) is 12.9. The van der Waals surface area contributed by atoms with Crippen LogP contribution in [0.25, 0.3) is 0 Å². The summed E-state index contributed by atoms with van der Waals surface area (Å²) < 4.78 is 0. The number of amides is 1. The van der Waals surface area contributed by atoms with E-state index in [1.165, 1.54) is 11.3 Å². The monoisotopic (exact) mass is 272 g/mol. The van der Waals surface area contributed by atoms with Crippen molar-refractivity contribution in [3.63, 3.8) is 0 Å². The molecule has 94 valence electrons. The zero-order valence-electron chi connectivity index (χ0n) is 10.0. The van der Waals surface area contributed by atoms with Gasteiger partial charge in [0, 0.05) is 12.1 Å². The normalized spacial score (nSPS) is 24.6. The van der Waals surface area contributed by atoms with Gasteiger partial charge in [-0.2, -0.15) is 0 Å². The first-order valence-corrected chi connectivity index (χ1v) is 7.13. The fourth-order valence-corrected chi connectivity index (χ4v) is 3.24. The molecule has 1 aromatic heterocycles. The molecule has 2 atom stereocenters. The van der Waals surface area contributed by atoms with Crippen molar-refractivity contribution in [1.29, 1.82) is 0 Å². The van der Waals surface area contributed by atoms with Gasteiger partial charge >= 0.3 is 0 Å². The average Bonchev–Trinajstić information content (AvgIpc) is 2.63. The zero-order chi connectivity index (χ0) is 12.4. The summed E-state index contributed by atoms with van der Waals surface area (Å²) in [4.78, 5) is 12.7. The van der Waals surface area contributed by atoms with E-state index in [2.05, 4.69) is 17.6 Å². The van der Waals surface area contributed by atoms with Crippen molar-refractivity contribution >= 4 is 28.8 Å². The lowest BCUT2D eigenvalue weighted by molar-refractivity contribution is 0.0924. The van der Waals surface area contributed by atoms with Crippen molar-refractivity contribution in [3.05, 3.63) is 20.8 Å². The first-order chi connectivity index (χ1) is 8.09. The highest BCUT2D eigenvalue weighted by Gasteiger charge is 2.24. The number of halogens is 1. The van der Waals surface area contributed by atoms with Crippen LogP contribution in [0.2, 0.25) is 5.02 Å². The van der Waals surface area contributed by atoms with Crippen LogP contribution in [0.15, 0.2) is 5.38 Å². The Kier molecular flexibility index (Phi) is 4.07. The van der Waals surface area contributed by atoms with E-state index >= 15 is 0 Å². The largest absolute Gasteiger partial charge is 0.347 e. The topological polar surface area (TPSA) is 41.1 Å². The molecule has 2 unspecified atom stereocenters. The minimum absolute atomic E-state index is 0.0475. The van der Waals surface area contributed by atoms with Gasteiger partial charge in [-0.25, -0.2) is 0 Å². The highest BCUT2D eigenvalue weighted by Crippen LogP contribution is 2.27. The van der Waals surface area contributed by atoms with Crippen LogP contribution in [0.1, 0.15) is 35.0 Å². The van der Waals surface area contributed by atoms with E-state index in [1.807, 2.05) is 12.3 Å². The van der Waals surface area contributed by atoms with Crippen molar-refractivity contribution in [3.8, 4) is 0 Å². The Morgan fingerprint density at radius 1 is 1.65 bits per heavy atom. The number of rotatable bonds is 2. The third kappa shape index (κ3) is 2.81. The van der Waals surface area contributed by atoms with Gasteiger partial charge in [0.2, 0.25) is 0 Å². The minimum Gasteiger partial charge on any atom is -0.347 e. The second-order valence-corrected chi connectivity index (χ2v) is 5.78. The predicted molar refractivity (Wildman–Crippen MR) is 72.0 cm³/mol. The summed E-state index contributed by atoms with van der Waals surface area (Å²) in [5, 5.41) is 8.93. The van der Waals surface area contributed by atoms with Gasteiger partial charge in [0.25, 0.3) is 5.91 Å². The third-order valence-electron chi connectivity index (χ3n) is 3.18. The highest BCUT2D eigenvalue weighted by molar-refractivity contribution is 7.13. The summed E-state index contributed by atoms with van der Waals surface area (Å²) in [5.41, 5.74) is 0.969. The smallest absolute Gasteiger partial charge is 0.263 e. The van der Waals surface area contributed by atoms with Gasteiger partial charge in [0.1, 0.15) is 4.88 Å². The van der Waals surface area contributed by atoms with Crippen molar-refractivity contribution in [1.82, 2.24) is 10.6 Å². The molecule has 3 nitrogen and oxygen atoms in total. The number of carbonyl (C=O) groups is 1. The lowest BCUT2D eigenvalue weighted by Crippen LogP contribution is -2.51. The number of nitrogens with one attached hydrogen (secondary N) is 2. The molecular formula is C12H17ClN2OS. The Balaban J connectivity index is 2.03. The molecule has 0 aliphatic carbocycles. The quantitative estimate of drug-likeness (QED) is 0.869. The molecule has 2 rings (SSSR count). The first-order valence-electron chi connectivity index (χ1n) is 5.87. The van der Waals surface area contributed by atoms with Crippen LogP contribution in [-0.4, -0.2) is 24.5 Å². The van der Waals surface area contributed by atoms with Gasteiger partial charge in [0.05, 0.1) is 5.02 Å². The molecule has 0 aromatic carbocycles.